The van der Waals surface area contributed by atoms with Crippen molar-refractivity contribution in [2.45, 2.75) is 19.9 Å². The minimum Gasteiger partial charge on any atom is -0.507 e. The fourth-order valence-corrected chi connectivity index (χ4v) is 4.51. The van der Waals surface area contributed by atoms with Crippen LogP contribution < -0.4 is 4.90 Å². The Morgan fingerprint density at radius 1 is 0.909 bits per heavy atom. The number of Topliss-reactive ketones (excluding diaryl/α,β-unsaturated/α-hetero) is 1. The van der Waals surface area contributed by atoms with Crippen LogP contribution in [0.5, 0.6) is 0 Å². The summed E-state index contributed by atoms with van der Waals surface area (Å²) in [6.07, 6.45) is 3.27. The molecule has 1 amide bonds. The Bertz CT molecular complexity index is 1440. The number of aromatic nitrogens is 1. The molecule has 1 atom stereocenters. The number of aryl methyl sites for hydroxylation is 1. The number of pyridine rings is 1. The first-order valence-corrected chi connectivity index (χ1v) is 10.7. The number of amides is 1. The number of carbonyl (C=O) groups excluding carboxylic acids is 2. The SMILES string of the molecule is Cc1cccc(N2C(=O)C(=O)/C(=C(\O)c3cccc4ccccc34)C2c2cccnc2)c1C. The summed E-state index contributed by atoms with van der Waals surface area (Å²) < 4.78 is 0. The molecule has 33 heavy (non-hydrogen) atoms. The molecule has 1 aliphatic heterocycles. The van der Waals surface area contributed by atoms with E-state index in [1.54, 1.807) is 24.5 Å². The maximum absolute atomic E-state index is 13.4. The predicted molar refractivity (Wildman–Crippen MR) is 129 cm³/mol. The van der Waals surface area contributed by atoms with Crippen LogP contribution in [0.4, 0.5) is 5.69 Å². The third-order valence-electron chi connectivity index (χ3n) is 6.32. The second-order valence-electron chi connectivity index (χ2n) is 8.20. The smallest absolute Gasteiger partial charge is 0.300 e. The number of fused-ring (bicyclic) bond motifs is 1. The molecule has 1 saturated heterocycles. The number of nitrogens with zero attached hydrogens (tertiary/aromatic N) is 2. The molecule has 0 radical (unpaired) electrons. The molecule has 3 aromatic carbocycles. The number of aliphatic hydroxyl groups excluding tert-OH is 1. The highest BCUT2D eigenvalue weighted by atomic mass is 16.3. The van der Waals surface area contributed by atoms with Crippen molar-refractivity contribution in [3.8, 4) is 0 Å². The Balaban J connectivity index is 1.80. The minimum absolute atomic E-state index is 0.0604. The number of aliphatic hydroxyl groups is 1. The van der Waals surface area contributed by atoms with Crippen molar-refractivity contribution in [3.63, 3.8) is 0 Å². The van der Waals surface area contributed by atoms with Gasteiger partial charge in [-0.25, -0.2) is 0 Å². The fraction of sp³-hybridized carbons (Fsp3) is 0.107. The van der Waals surface area contributed by atoms with Crippen molar-refractivity contribution in [3.05, 3.63) is 113 Å². The molecule has 1 aromatic heterocycles. The molecule has 2 heterocycles. The monoisotopic (exact) mass is 434 g/mol. The molecule has 1 unspecified atom stereocenters. The number of anilines is 1. The van der Waals surface area contributed by atoms with Gasteiger partial charge in [-0.3, -0.25) is 19.5 Å². The van der Waals surface area contributed by atoms with Crippen LogP contribution in [0.2, 0.25) is 0 Å². The van der Waals surface area contributed by atoms with E-state index in [2.05, 4.69) is 4.98 Å². The molecular weight excluding hydrogens is 412 g/mol. The van der Waals surface area contributed by atoms with Gasteiger partial charge in [0.1, 0.15) is 5.76 Å². The van der Waals surface area contributed by atoms with E-state index in [9.17, 15) is 14.7 Å². The quantitative estimate of drug-likeness (QED) is 0.263. The molecule has 1 N–H and O–H groups in total. The first kappa shape index (κ1) is 20.6. The standard InChI is InChI=1S/C28H22N2O3/c1-17-8-5-14-23(18(17)2)30-25(20-11-7-15-29-16-20)24(27(32)28(30)33)26(31)22-13-6-10-19-9-3-4-12-21(19)22/h3-16,25,31H,1-2H3/b26-24-. The van der Waals surface area contributed by atoms with Crippen LogP contribution in [0, 0.1) is 13.8 Å². The topological polar surface area (TPSA) is 70.5 Å². The summed E-state index contributed by atoms with van der Waals surface area (Å²) in [6.45, 7) is 3.89. The lowest BCUT2D eigenvalue weighted by Gasteiger charge is -2.27. The summed E-state index contributed by atoms with van der Waals surface area (Å²) >= 11 is 0. The summed E-state index contributed by atoms with van der Waals surface area (Å²) in [4.78, 5) is 32.5. The molecule has 5 rings (SSSR count). The molecule has 5 heteroatoms. The van der Waals surface area contributed by atoms with Gasteiger partial charge in [-0.2, -0.15) is 0 Å². The van der Waals surface area contributed by atoms with Gasteiger partial charge in [-0.15, -0.1) is 0 Å². The molecule has 0 saturated carbocycles. The lowest BCUT2D eigenvalue weighted by atomic mass is 9.93. The first-order valence-electron chi connectivity index (χ1n) is 10.7. The van der Waals surface area contributed by atoms with Gasteiger partial charge in [0, 0.05) is 23.6 Å². The normalized spacial score (nSPS) is 17.6. The Morgan fingerprint density at radius 2 is 1.67 bits per heavy atom. The molecule has 1 aliphatic rings. The lowest BCUT2D eigenvalue weighted by molar-refractivity contribution is -0.132. The zero-order valence-corrected chi connectivity index (χ0v) is 18.3. The highest BCUT2D eigenvalue weighted by Crippen LogP contribution is 2.43. The Hall–Kier alpha value is -4.25. The zero-order chi connectivity index (χ0) is 23.1. The van der Waals surface area contributed by atoms with E-state index in [0.29, 0.717) is 16.8 Å². The molecule has 162 valence electrons. The van der Waals surface area contributed by atoms with Crippen LogP contribution in [0.1, 0.15) is 28.3 Å². The van der Waals surface area contributed by atoms with Gasteiger partial charge in [0.05, 0.1) is 11.6 Å². The number of ketones is 1. The van der Waals surface area contributed by atoms with Crippen molar-refractivity contribution >= 4 is 33.9 Å². The average molecular weight is 434 g/mol. The van der Waals surface area contributed by atoms with Gasteiger partial charge in [0.2, 0.25) is 0 Å². The number of carbonyl (C=O) groups is 2. The molecule has 5 nitrogen and oxygen atoms in total. The third-order valence-corrected chi connectivity index (χ3v) is 6.32. The molecular formula is C28H22N2O3. The van der Waals surface area contributed by atoms with Crippen LogP contribution in [-0.4, -0.2) is 21.8 Å². The molecule has 1 fully saturated rings. The first-order chi connectivity index (χ1) is 16.0. The van der Waals surface area contributed by atoms with Crippen LogP contribution in [0.15, 0.2) is 90.8 Å². The zero-order valence-electron chi connectivity index (χ0n) is 18.3. The fourth-order valence-electron chi connectivity index (χ4n) is 4.51. The Labute approximate surface area is 191 Å². The predicted octanol–water partition coefficient (Wildman–Crippen LogP) is 5.48. The Kier molecular flexibility index (Phi) is 5.02. The largest absolute Gasteiger partial charge is 0.507 e. The van der Waals surface area contributed by atoms with E-state index in [-0.39, 0.29) is 11.3 Å². The maximum Gasteiger partial charge on any atom is 0.300 e. The van der Waals surface area contributed by atoms with Crippen molar-refractivity contribution in [1.82, 2.24) is 4.98 Å². The maximum atomic E-state index is 13.4. The molecule has 0 spiro atoms. The van der Waals surface area contributed by atoms with Gasteiger partial charge in [-0.1, -0.05) is 60.7 Å². The summed E-state index contributed by atoms with van der Waals surface area (Å²) in [5.74, 6) is -1.57. The van der Waals surface area contributed by atoms with Gasteiger partial charge < -0.3 is 5.11 Å². The number of rotatable bonds is 3. The molecule has 0 bridgehead atoms. The van der Waals surface area contributed by atoms with Gasteiger partial charge >= 0.3 is 0 Å². The second-order valence-corrected chi connectivity index (χ2v) is 8.20. The molecule has 4 aromatic rings. The highest BCUT2D eigenvalue weighted by Gasteiger charge is 2.47. The van der Waals surface area contributed by atoms with Crippen molar-refractivity contribution in [2.24, 2.45) is 0 Å². The van der Waals surface area contributed by atoms with Crippen LogP contribution in [-0.2, 0) is 9.59 Å². The third kappa shape index (κ3) is 3.29. The number of hydrogen-bond donors (Lipinski definition) is 1. The summed E-state index contributed by atoms with van der Waals surface area (Å²) in [5.41, 5.74) is 3.78. The summed E-state index contributed by atoms with van der Waals surface area (Å²) in [5, 5.41) is 13.2. The van der Waals surface area contributed by atoms with Crippen molar-refractivity contribution in [2.75, 3.05) is 4.90 Å². The van der Waals surface area contributed by atoms with E-state index >= 15 is 0 Å². The second kappa shape index (κ2) is 8.02. The van der Waals surface area contributed by atoms with E-state index in [1.807, 2.05) is 74.5 Å². The minimum atomic E-state index is -0.793. The van der Waals surface area contributed by atoms with Gasteiger partial charge in [0.25, 0.3) is 11.7 Å². The summed E-state index contributed by atoms with van der Waals surface area (Å²) in [6, 6.07) is 21.6. The van der Waals surface area contributed by atoms with E-state index < -0.39 is 17.7 Å². The average Bonchev–Trinajstić information content (AvgIpc) is 3.11. The highest BCUT2D eigenvalue weighted by molar-refractivity contribution is 6.52. The van der Waals surface area contributed by atoms with E-state index in [0.717, 1.165) is 21.9 Å². The van der Waals surface area contributed by atoms with E-state index in [4.69, 9.17) is 0 Å². The van der Waals surface area contributed by atoms with Crippen molar-refractivity contribution < 1.29 is 14.7 Å². The van der Waals surface area contributed by atoms with Gasteiger partial charge in [0.15, 0.2) is 0 Å². The van der Waals surface area contributed by atoms with Crippen LogP contribution in [0.3, 0.4) is 0 Å². The summed E-state index contributed by atoms with van der Waals surface area (Å²) in [7, 11) is 0. The number of hydrogen-bond acceptors (Lipinski definition) is 4. The Morgan fingerprint density at radius 3 is 2.45 bits per heavy atom. The van der Waals surface area contributed by atoms with Crippen LogP contribution >= 0.6 is 0 Å². The van der Waals surface area contributed by atoms with Crippen LogP contribution in [0.25, 0.3) is 16.5 Å². The lowest BCUT2D eigenvalue weighted by Crippen LogP contribution is -2.30. The number of benzene rings is 3. The van der Waals surface area contributed by atoms with Crippen molar-refractivity contribution in [1.29, 1.82) is 0 Å². The van der Waals surface area contributed by atoms with E-state index in [1.165, 1.54) is 4.90 Å². The van der Waals surface area contributed by atoms with Gasteiger partial charge in [-0.05, 0) is 53.4 Å². The molecule has 0 aliphatic carbocycles.